The number of carbonyl (C=O) groups excluding carboxylic acids is 1. The van der Waals surface area contributed by atoms with Crippen molar-refractivity contribution in [2.24, 2.45) is 0 Å². The monoisotopic (exact) mass is 424 g/mol. The molecular formula is C17H18Cl2N6OS. The van der Waals surface area contributed by atoms with Crippen molar-refractivity contribution in [2.75, 3.05) is 0 Å². The number of carbonyl (C=O) groups is 1. The molecule has 0 unspecified atom stereocenters. The minimum Gasteiger partial charge on any atom is -0.345 e. The van der Waals surface area contributed by atoms with Crippen LogP contribution in [0, 0.1) is 11.7 Å². The Morgan fingerprint density at radius 2 is 2.07 bits per heavy atom. The normalized spacial score (nSPS) is 11.0. The summed E-state index contributed by atoms with van der Waals surface area (Å²) in [7, 11) is 0. The molecule has 1 amide bonds. The Labute approximate surface area is 171 Å². The van der Waals surface area contributed by atoms with Crippen molar-refractivity contribution in [1.82, 2.24) is 29.9 Å². The average molecular weight is 425 g/mol. The zero-order chi connectivity index (χ0) is 19.6. The molecular weight excluding hydrogens is 407 g/mol. The van der Waals surface area contributed by atoms with E-state index in [0.717, 1.165) is 5.56 Å². The summed E-state index contributed by atoms with van der Waals surface area (Å²) in [5.41, 5.74) is 1.74. The minimum atomic E-state index is -0.320. The second-order valence-corrected chi connectivity index (χ2v) is 7.02. The third-order valence-electron chi connectivity index (χ3n) is 4.13. The highest BCUT2D eigenvalue weighted by Gasteiger charge is 2.21. The molecule has 3 aromatic rings. The number of H-pyrrole nitrogens is 1. The van der Waals surface area contributed by atoms with E-state index in [0.29, 0.717) is 40.0 Å². The van der Waals surface area contributed by atoms with Crippen molar-refractivity contribution in [3.8, 4) is 0 Å². The highest BCUT2D eigenvalue weighted by atomic mass is 35.5. The standard InChI is InChI=1S/C17H18Cl2N6OS/c1-3-24-13(21-22-17(24)27)8-20-16(26)14-10(2)23-25(15(14)19)9-11-6-4-5-7-12(11)18/h4-7H,3,8-9H2,1-2H3,(H,20,26)(H,22,27). The Kier molecular flexibility index (Phi) is 5.98. The average Bonchev–Trinajstić information content (AvgIpc) is 3.13. The van der Waals surface area contributed by atoms with E-state index in [4.69, 9.17) is 35.4 Å². The van der Waals surface area contributed by atoms with Crippen LogP contribution in [-0.2, 0) is 19.6 Å². The van der Waals surface area contributed by atoms with Crippen molar-refractivity contribution >= 4 is 41.3 Å². The number of aromatic nitrogens is 5. The molecule has 27 heavy (non-hydrogen) atoms. The number of aromatic amines is 1. The molecule has 2 N–H and O–H groups in total. The molecule has 0 spiro atoms. The van der Waals surface area contributed by atoms with Crippen molar-refractivity contribution in [1.29, 1.82) is 0 Å². The lowest BCUT2D eigenvalue weighted by Gasteiger charge is -2.07. The predicted molar refractivity (Wildman–Crippen MR) is 107 cm³/mol. The summed E-state index contributed by atoms with van der Waals surface area (Å²) >= 11 is 17.8. The summed E-state index contributed by atoms with van der Waals surface area (Å²) in [5.74, 6) is 0.326. The van der Waals surface area contributed by atoms with Crippen molar-refractivity contribution in [2.45, 2.75) is 33.5 Å². The topological polar surface area (TPSA) is 80.5 Å². The first-order valence-corrected chi connectivity index (χ1v) is 9.47. The molecule has 0 fully saturated rings. The number of benzene rings is 1. The van der Waals surface area contributed by atoms with E-state index < -0.39 is 0 Å². The van der Waals surface area contributed by atoms with Gasteiger partial charge in [0.2, 0.25) is 0 Å². The molecule has 2 aromatic heterocycles. The van der Waals surface area contributed by atoms with Gasteiger partial charge in [0.05, 0.1) is 24.3 Å². The molecule has 1 aromatic carbocycles. The highest BCUT2D eigenvalue weighted by Crippen LogP contribution is 2.23. The molecule has 0 saturated heterocycles. The largest absolute Gasteiger partial charge is 0.345 e. The minimum absolute atomic E-state index is 0.227. The second kappa shape index (κ2) is 8.24. The smallest absolute Gasteiger partial charge is 0.256 e. The van der Waals surface area contributed by atoms with Gasteiger partial charge in [-0.3, -0.25) is 9.89 Å². The van der Waals surface area contributed by atoms with E-state index in [1.165, 1.54) is 0 Å². The zero-order valence-electron chi connectivity index (χ0n) is 14.8. The summed E-state index contributed by atoms with van der Waals surface area (Å²) in [4.78, 5) is 12.7. The first kappa shape index (κ1) is 19.6. The Hall–Kier alpha value is -2.16. The van der Waals surface area contributed by atoms with Gasteiger partial charge in [-0.25, -0.2) is 4.68 Å². The number of aryl methyl sites for hydroxylation is 1. The third kappa shape index (κ3) is 4.07. The Morgan fingerprint density at radius 3 is 2.78 bits per heavy atom. The number of hydrogen-bond donors (Lipinski definition) is 2. The van der Waals surface area contributed by atoms with E-state index in [1.54, 1.807) is 17.7 Å². The van der Waals surface area contributed by atoms with E-state index in [1.807, 2.05) is 29.7 Å². The maximum absolute atomic E-state index is 12.7. The summed E-state index contributed by atoms with van der Waals surface area (Å²) < 4.78 is 3.89. The van der Waals surface area contributed by atoms with Gasteiger partial charge in [0.25, 0.3) is 5.91 Å². The Balaban J connectivity index is 1.78. The van der Waals surface area contributed by atoms with Gasteiger partial charge in [-0.1, -0.05) is 41.4 Å². The molecule has 142 valence electrons. The van der Waals surface area contributed by atoms with Gasteiger partial charge in [-0.2, -0.15) is 10.2 Å². The maximum Gasteiger partial charge on any atom is 0.256 e. The van der Waals surface area contributed by atoms with Crippen LogP contribution in [-0.4, -0.2) is 30.5 Å². The molecule has 0 aliphatic rings. The summed E-state index contributed by atoms with van der Waals surface area (Å²) in [6, 6.07) is 7.43. The van der Waals surface area contributed by atoms with Crippen molar-refractivity contribution in [3.63, 3.8) is 0 Å². The van der Waals surface area contributed by atoms with Crippen LogP contribution in [0.5, 0.6) is 0 Å². The van der Waals surface area contributed by atoms with E-state index in [2.05, 4.69) is 20.6 Å². The van der Waals surface area contributed by atoms with E-state index in [9.17, 15) is 4.79 Å². The van der Waals surface area contributed by atoms with Crippen LogP contribution in [0.15, 0.2) is 24.3 Å². The number of nitrogens with zero attached hydrogens (tertiary/aromatic N) is 4. The highest BCUT2D eigenvalue weighted by molar-refractivity contribution is 7.71. The molecule has 0 radical (unpaired) electrons. The van der Waals surface area contributed by atoms with E-state index >= 15 is 0 Å². The van der Waals surface area contributed by atoms with Crippen LogP contribution < -0.4 is 5.32 Å². The van der Waals surface area contributed by atoms with Gasteiger partial charge in [0, 0.05) is 11.6 Å². The summed E-state index contributed by atoms with van der Waals surface area (Å²) in [5, 5.41) is 14.9. The fourth-order valence-corrected chi connectivity index (χ4v) is 3.56. The molecule has 10 heteroatoms. The van der Waals surface area contributed by atoms with Crippen LogP contribution >= 0.6 is 35.4 Å². The summed E-state index contributed by atoms with van der Waals surface area (Å²) in [6.45, 7) is 4.96. The van der Waals surface area contributed by atoms with Gasteiger partial charge in [0.1, 0.15) is 5.15 Å². The van der Waals surface area contributed by atoms with Gasteiger partial charge >= 0.3 is 0 Å². The molecule has 7 nitrogen and oxygen atoms in total. The quantitative estimate of drug-likeness (QED) is 0.590. The SMILES string of the molecule is CCn1c(CNC(=O)c2c(C)nn(Cc3ccccc3Cl)c2Cl)n[nH]c1=S. The van der Waals surface area contributed by atoms with Crippen LogP contribution in [0.1, 0.15) is 34.4 Å². The number of rotatable bonds is 6. The molecule has 0 saturated carbocycles. The molecule has 3 rings (SSSR count). The lowest BCUT2D eigenvalue weighted by atomic mass is 10.2. The van der Waals surface area contributed by atoms with E-state index in [-0.39, 0.29) is 17.6 Å². The van der Waals surface area contributed by atoms with Gasteiger partial charge < -0.3 is 9.88 Å². The zero-order valence-corrected chi connectivity index (χ0v) is 17.1. The lowest BCUT2D eigenvalue weighted by molar-refractivity contribution is 0.0949. The second-order valence-electron chi connectivity index (χ2n) is 5.87. The van der Waals surface area contributed by atoms with Gasteiger partial charge in [-0.15, -0.1) is 0 Å². The molecule has 0 bridgehead atoms. The molecule has 0 aliphatic carbocycles. The molecule has 2 heterocycles. The number of amides is 1. The Morgan fingerprint density at radius 1 is 1.33 bits per heavy atom. The first-order chi connectivity index (χ1) is 12.9. The lowest BCUT2D eigenvalue weighted by Crippen LogP contribution is -2.25. The fraction of sp³-hybridized carbons (Fsp3) is 0.294. The van der Waals surface area contributed by atoms with Crippen molar-refractivity contribution in [3.05, 3.63) is 61.9 Å². The van der Waals surface area contributed by atoms with Crippen molar-refractivity contribution < 1.29 is 4.79 Å². The van der Waals surface area contributed by atoms with Crippen LogP contribution in [0.3, 0.4) is 0 Å². The third-order valence-corrected chi connectivity index (χ3v) is 5.20. The predicted octanol–water partition coefficient (Wildman–Crippen LogP) is 3.75. The van der Waals surface area contributed by atoms with Crippen LogP contribution in [0.4, 0.5) is 0 Å². The Bertz CT molecular complexity index is 1040. The number of hydrogen-bond acceptors (Lipinski definition) is 4. The number of halogens is 2. The van der Waals surface area contributed by atoms with Crippen LogP contribution in [0.25, 0.3) is 0 Å². The molecule has 0 aliphatic heterocycles. The maximum atomic E-state index is 12.7. The summed E-state index contributed by atoms with van der Waals surface area (Å²) in [6.07, 6.45) is 0. The molecule has 0 atom stereocenters. The first-order valence-electron chi connectivity index (χ1n) is 8.31. The van der Waals surface area contributed by atoms with Gasteiger partial charge in [-0.05, 0) is 37.7 Å². The fourth-order valence-electron chi connectivity index (χ4n) is 2.76. The number of nitrogens with one attached hydrogen (secondary N) is 2. The van der Waals surface area contributed by atoms with Crippen LogP contribution in [0.2, 0.25) is 10.2 Å². The van der Waals surface area contributed by atoms with Gasteiger partial charge in [0.15, 0.2) is 10.6 Å².